The Morgan fingerprint density at radius 3 is 1.67 bits per heavy atom. The maximum absolute atomic E-state index is 13.0. The van der Waals surface area contributed by atoms with Crippen LogP contribution in [-0.2, 0) is 9.59 Å². The molecule has 0 spiro atoms. The fraction of sp³-hybridized carbons (Fsp3) is 0.524. The standard InChI is InChI=1S/C21H25ClO4S/c1-20(2)7-11(23)17(12(24)8-20)19(15-5-6-16(22)27-15)18-13(25)9-21(3,4)10-14(18)26/h5-6,19,23,25H,7-10H2,1-4H3. The number of halogens is 1. The first-order valence-electron chi connectivity index (χ1n) is 9.06. The lowest BCUT2D eigenvalue weighted by Crippen LogP contribution is -2.33. The summed E-state index contributed by atoms with van der Waals surface area (Å²) >= 11 is 7.37. The third-order valence-corrected chi connectivity index (χ3v) is 6.54. The molecule has 0 radical (unpaired) electrons. The van der Waals surface area contributed by atoms with Crippen LogP contribution in [-0.4, -0.2) is 21.8 Å². The van der Waals surface area contributed by atoms with Crippen LogP contribution in [0.4, 0.5) is 0 Å². The molecule has 2 aliphatic rings. The summed E-state index contributed by atoms with van der Waals surface area (Å²) in [5, 5.41) is 21.5. The first-order valence-corrected chi connectivity index (χ1v) is 10.3. The molecule has 0 atom stereocenters. The van der Waals surface area contributed by atoms with Crippen molar-refractivity contribution in [3.05, 3.63) is 44.0 Å². The molecule has 0 fully saturated rings. The number of hydrogen-bond donors (Lipinski definition) is 2. The quantitative estimate of drug-likeness (QED) is 0.654. The SMILES string of the molecule is CC1(C)CC(=O)C(C(C2=C(O)CC(C)(C)CC2=O)c2ccc(Cl)s2)=C(O)C1. The lowest BCUT2D eigenvalue weighted by Gasteiger charge is -2.36. The van der Waals surface area contributed by atoms with Gasteiger partial charge in [0.25, 0.3) is 0 Å². The second kappa shape index (κ2) is 6.78. The number of rotatable bonds is 3. The van der Waals surface area contributed by atoms with Gasteiger partial charge in [-0.2, -0.15) is 0 Å². The Balaban J connectivity index is 2.20. The van der Waals surface area contributed by atoms with Gasteiger partial charge in [0, 0.05) is 41.7 Å². The van der Waals surface area contributed by atoms with E-state index in [-0.39, 0.29) is 57.9 Å². The van der Waals surface area contributed by atoms with E-state index in [2.05, 4.69) is 0 Å². The average Bonchev–Trinajstić information content (AvgIpc) is 2.87. The van der Waals surface area contributed by atoms with Gasteiger partial charge in [0.15, 0.2) is 11.6 Å². The number of Topliss-reactive ketones (excluding diaryl/α,β-unsaturated/α-hetero) is 2. The van der Waals surface area contributed by atoms with Crippen LogP contribution in [0.3, 0.4) is 0 Å². The molecule has 0 saturated carbocycles. The van der Waals surface area contributed by atoms with E-state index in [1.807, 2.05) is 27.7 Å². The summed E-state index contributed by atoms with van der Waals surface area (Å²) in [4.78, 5) is 26.6. The lowest BCUT2D eigenvalue weighted by atomic mass is 9.68. The molecular formula is C21H25ClO4S. The number of hydrogen-bond acceptors (Lipinski definition) is 5. The number of carbonyl (C=O) groups excluding carboxylic acids is 2. The Morgan fingerprint density at radius 2 is 1.33 bits per heavy atom. The zero-order valence-corrected chi connectivity index (χ0v) is 17.6. The van der Waals surface area contributed by atoms with E-state index in [0.717, 1.165) is 0 Å². The molecule has 6 heteroatoms. The summed E-state index contributed by atoms with van der Waals surface area (Å²) in [6.07, 6.45) is 1.29. The van der Waals surface area contributed by atoms with Crippen molar-refractivity contribution in [1.82, 2.24) is 0 Å². The van der Waals surface area contributed by atoms with Crippen molar-refractivity contribution in [2.45, 2.75) is 59.3 Å². The molecule has 27 heavy (non-hydrogen) atoms. The van der Waals surface area contributed by atoms with Crippen molar-refractivity contribution in [2.24, 2.45) is 10.8 Å². The molecule has 1 aromatic heterocycles. The van der Waals surface area contributed by atoms with Gasteiger partial charge in [-0.3, -0.25) is 9.59 Å². The highest BCUT2D eigenvalue weighted by molar-refractivity contribution is 7.16. The summed E-state index contributed by atoms with van der Waals surface area (Å²) in [6.45, 7) is 7.72. The molecule has 4 nitrogen and oxygen atoms in total. The van der Waals surface area contributed by atoms with Crippen LogP contribution in [0.5, 0.6) is 0 Å². The fourth-order valence-electron chi connectivity index (χ4n) is 4.17. The smallest absolute Gasteiger partial charge is 0.163 e. The Bertz CT molecular complexity index is 820. The molecule has 0 unspecified atom stereocenters. The van der Waals surface area contributed by atoms with E-state index in [4.69, 9.17) is 11.6 Å². The Labute approximate surface area is 168 Å². The molecule has 146 valence electrons. The topological polar surface area (TPSA) is 74.6 Å². The van der Waals surface area contributed by atoms with Crippen LogP contribution in [0.1, 0.15) is 64.2 Å². The van der Waals surface area contributed by atoms with Gasteiger partial charge in [-0.05, 0) is 23.0 Å². The van der Waals surface area contributed by atoms with Crippen LogP contribution in [0, 0.1) is 10.8 Å². The van der Waals surface area contributed by atoms with Crippen LogP contribution in [0.25, 0.3) is 0 Å². The van der Waals surface area contributed by atoms with E-state index >= 15 is 0 Å². The second-order valence-corrected chi connectivity index (χ2v) is 10.9. The van der Waals surface area contributed by atoms with Crippen molar-refractivity contribution in [3.8, 4) is 0 Å². The highest BCUT2D eigenvalue weighted by Gasteiger charge is 2.44. The van der Waals surface area contributed by atoms with E-state index in [1.165, 1.54) is 11.3 Å². The minimum atomic E-state index is -0.769. The van der Waals surface area contributed by atoms with E-state index < -0.39 is 5.92 Å². The molecule has 2 N–H and O–H groups in total. The van der Waals surface area contributed by atoms with Crippen LogP contribution >= 0.6 is 22.9 Å². The zero-order chi connectivity index (χ0) is 20.1. The van der Waals surface area contributed by atoms with Crippen molar-refractivity contribution in [1.29, 1.82) is 0 Å². The minimum absolute atomic E-state index is 0.00343. The summed E-state index contributed by atoms with van der Waals surface area (Å²) in [5.74, 6) is -1.13. The first-order chi connectivity index (χ1) is 12.4. The third kappa shape index (κ3) is 3.99. The summed E-state index contributed by atoms with van der Waals surface area (Å²) in [7, 11) is 0. The summed E-state index contributed by atoms with van der Waals surface area (Å²) < 4.78 is 0.530. The van der Waals surface area contributed by atoms with Gasteiger partial charge in [-0.15, -0.1) is 11.3 Å². The molecule has 2 aliphatic carbocycles. The third-order valence-electron chi connectivity index (χ3n) is 5.25. The van der Waals surface area contributed by atoms with Gasteiger partial charge in [0.05, 0.1) is 10.3 Å². The molecule has 1 aromatic rings. The number of allylic oxidation sites excluding steroid dienone is 4. The molecule has 0 saturated heterocycles. The van der Waals surface area contributed by atoms with Gasteiger partial charge in [-0.25, -0.2) is 0 Å². The predicted molar refractivity (Wildman–Crippen MR) is 107 cm³/mol. The fourth-order valence-corrected chi connectivity index (χ4v) is 5.35. The monoisotopic (exact) mass is 408 g/mol. The molecule has 1 heterocycles. The van der Waals surface area contributed by atoms with Gasteiger partial charge >= 0.3 is 0 Å². The van der Waals surface area contributed by atoms with E-state index in [0.29, 0.717) is 22.1 Å². The lowest BCUT2D eigenvalue weighted by molar-refractivity contribution is -0.119. The number of thiophene rings is 1. The second-order valence-electron chi connectivity index (χ2n) is 9.18. The number of aliphatic hydroxyl groups excluding tert-OH is 2. The number of ketones is 2. The highest BCUT2D eigenvalue weighted by atomic mass is 35.5. The van der Waals surface area contributed by atoms with Gasteiger partial charge in [-0.1, -0.05) is 39.3 Å². The average molecular weight is 409 g/mol. The summed E-state index contributed by atoms with van der Waals surface area (Å²) in [6, 6.07) is 3.47. The predicted octanol–water partition coefficient (Wildman–Crippen LogP) is 5.89. The zero-order valence-electron chi connectivity index (χ0n) is 16.1. The number of aliphatic hydroxyl groups is 2. The normalized spacial score (nSPS) is 22.7. The Morgan fingerprint density at radius 1 is 0.889 bits per heavy atom. The van der Waals surface area contributed by atoms with E-state index in [1.54, 1.807) is 12.1 Å². The van der Waals surface area contributed by atoms with E-state index in [9.17, 15) is 19.8 Å². The summed E-state index contributed by atoms with van der Waals surface area (Å²) in [5.41, 5.74) is -0.223. The largest absolute Gasteiger partial charge is 0.512 e. The Kier molecular flexibility index (Phi) is 5.06. The van der Waals surface area contributed by atoms with Crippen LogP contribution in [0.2, 0.25) is 4.34 Å². The first kappa shape index (κ1) is 20.2. The molecule has 0 amide bonds. The maximum atomic E-state index is 13.0. The highest BCUT2D eigenvalue weighted by Crippen LogP contribution is 2.49. The van der Waals surface area contributed by atoms with Crippen molar-refractivity contribution in [3.63, 3.8) is 0 Å². The van der Waals surface area contributed by atoms with Crippen LogP contribution in [0.15, 0.2) is 34.8 Å². The number of carbonyl (C=O) groups is 2. The molecule has 0 aliphatic heterocycles. The van der Waals surface area contributed by atoms with Gasteiger partial charge in [0.2, 0.25) is 0 Å². The minimum Gasteiger partial charge on any atom is -0.512 e. The van der Waals surface area contributed by atoms with Crippen molar-refractivity contribution in [2.75, 3.05) is 0 Å². The molecule has 0 aromatic carbocycles. The Hall–Kier alpha value is -1.59. The molecule has 0 bridgehead atoms. The van der Waals surface area contributed by atoms with Crippen molar-refractivity contribution >= 4 is 34.5 Å². The maximum Gasteiger partial charge on any atom is 0.163 e. The van der Waals surface area contributed by atoms with Crippen molar-refractivity contribution < 1.29 is 19.8 Å². The molecule has 3 rings (SSSR count). The van der Waals surface area contributed by atoms with Crippen LogP contribution < -0.4 is 0 Å². The molecular weight excluding hydrogens is 384 g/mol. The van der Waals surface area contributed by atoms with Gasteiger partial charge in [0.1, 0.15) is 11.5 Å². The van der Waals surface area contributed by atoms with Gasteiger partial charge < -0.3 is 10.2 Å².